The fourth-order valence-electron chi connectivity index (χ4n) is 7.16. The zero-order valence-electron chi connectivity index (χ0n) is 25.5. The lowest BCUT2D eigenvalue weighted by Gasteiger charge is -2.34. The van der Waals surface area contributed by atoms with Gasteiger partial charge in [0, 0.05) is 5.41 Å². The normalized spacial score (nSPS) is 14.2. The van der Waals surface area contributed by atoms with Crippen molar-refractivity contribution in [2.75, 3.05) is 0 Å². The summed E-state index contributed by atoms with van der Waals surface area (Å²) in [5.41, 5.74) is 9.52. The fourth-order valence-corrected chi connectivity index (χ4v) is 7.16. The molecule has 0 bridgehead atoms. The first kappa shape index (κ1) is 28.9. The lowest BCUT2D eigenvalue weighted by Crippen LogP contribution is -2.26. The van der Waals surface area contributed by atoms with Crippen LogP contribution in [-0.2, 0) is 10.8 Å². The van der Waals surface area contributed by atoms with E-state index in [1.807, 2.05) is 0 Å². The minimum Gasteiger partial charge on any atom is -0.0654 e. The molecule has 0 fully saturated rings. The Hall–Kier alpha value is -2.08. The fraction of sp³-hybridized carbons (Fsp3) is 0.579. The van der Waals surface area contributed by atoms with Gasteiger partial charge in [-0.25, -0.2) is 0 Å². The van der Waals surface area contributed by atoms with Crippen molar-refractivity contribution in [1.82, 2.24) is 0 Å². The molecule has 0 saturated carbocycles. The van der Waals surface area contributed by atoms with E-state index in [-0.39, 0.29) is 10.8 Å². The van der Waals surface area contributed by atoms with Gasteiger partial charge >= 0.3 is 0 Å². The van der Waals surface area contributed by atoms with Crippen LogP contribution in [0.3, 0.4) is 0 Å². The quantitative estimate of drug-likeness (QED) is 0.189. The van der Waals surface area contributed by atoms with Gasteiger partial charge in [0.15, 0.2) is 0 Å². The summed E-state index contributed by atoms with van der Waals surface area (Å²) in [6, 6.07) is 19.3. The van der Waals surface area contributed by atoms with Gasteiger partial charge < -0.3 is 0 Å². The number of unbranched alkanes of at least 4 members (excludes halogenated alkanes) is 10. The second-order valence-electron chi connectivity index (χ2n) is 13.3. The van der Waals surface area contributed by atoms with Gasteiger partial charge in [-0.3, -0.25) is 0 Å². The maximum atomic E-state index is 2.67. The summed E-state index contributed by atoms with van der Waals surface area (Å²) >= 11 is 0. The molecule has 206 valence electrons. The molecule has 0 heteroatoms. The highest BCUT2D eigenvalue weighted by Gasteiger charge is 2.44. The molecule has 0 saturated heterocycles. The molecule has 0 heterocycles. The third kappa shape index (κ3) is 6.05. The molecule has 0 radical (unpaired) electrons. The van der Waals surface area contributed by atoms with Crippen LogP contribution in [0.2, 0.25) is 0 Å². The molecular weight excluding hydrogens is 456 g/mol. The second kappa shape index (κ2) is 12.8. The van der Waals surface area contributed by atoms with Crippen LogP contribution in [0.5, 0.6) is 0 Å². The van der Waals surface area contributed by atoms with E-state index in [9.17, 15) is 0 Å². The molecule has 0 unspecified atom stereocenters. The molecule has 0 aromatic heterocycles. The lowest BCUT2D eigenvalue weighted by molar-refractivity contribution is 0.397. The lowest BCUT2D eigenvalue weighted by atomic mass is 9.69. The van der Waals surface area contributed by atoms with Crippen molar-refractivity contribution in [3.8, 4) is 11.1 Å². The average molecular weight is 511 g/mol. The Bertz CT molecular complexity index is 1170. The maximum absolute atomic E-state index is 2.67. The third-order valence-electron chi connectivity index (χ3n) is 9.24. The molecule has 3 aromatic carbocycles. The molecule has 0 aliphatic heterocycles. The number of aryl methyl sites for hydroxylation is 1. The van der Waals surface area contributed by atoms with Crippen molar-refractivity contribution >= 4 is 10.8 Å². The summed E-state index contributed by atoms with van der Waals surface area (Å²) in [6.07, 6.45) is 19.0. The van der Waals surface area contributed by atoms with Crippen molar-refractivity contribution in [1.29, 1.82) is 0 Å². The van der Waals surface area contributed by atoms with Crippen LogP contribution < -0.4 is 0 Å². The highest BCUT2D eigenvalue weighted by Crippen LogP contribution is 2.57. The number of hydrogen-bond acceptors (Lipinski definition) is 0. The molecule has 0 atom stereocenters. The van der Waals surface area contributed by atoms with Crippen molar-refractivity contribution in [3.05, 3.63) is 70.8 Å². The standard InChI is InChI=1S/C38H54/c1-7-9-11-13-15-19-25-38(26-20-16-14-12-10-8-2)34-27-29(3)23-24-32(34)36-31-22-18-17-21-30(31)33(28-35(36)38)37(4,5)6/h17-18,21-24,27-28H,7-16,19-20,25-26H2,1-6H3. The van der Waals surface area contributed by atoms with Gasteiger partial charge in [-0.1, -0.05) is 166 Å². The van der Waals surface area contributed by atoms with Gasteiger partial charge in [-0.2, -0.15) is 0 Å². The van der Waals surface area contributed by atoms with Gasteiger partial charge in [-0.15, -0.1) is 0 Å². The van der Waals surface area contributed by atoms with Crippen molar-refractivity contribution < 1.29 is 0 Å². The summed E-state index contributed by atoms with van der Waals surface area (Å²) < 4.78 is 0. The third-order valence-corrected chi connectivity index (χ3v) is 9.24. The van der Waals surface area contributed by atoms with E-state index in [1.165, 1.54) is 117 Å². The molecule has 0 amide bonds. The van der Waals surface area contributed by atoms with E-state index in [0.717, 1.165) is 0 Å². The second-order valence-corrected chi connectivity index (χ2v) is 13.3. The molecular formula is C38H54. The molecule has 1 aliphatic rings. The first-order chi connectivity index (χ1) is 18.3. The first-order valence-corrected chi connectivity index (χ1v) is 16.0. The number of hydrogen-bond donors (Lipinski definition) is 0. The maximum Gasteiger partial charge on any atom is 0.0215 e. The monoisotopic (exact) mass is 510 g/mol. The molecule has 38 heavy (non-hydrogen) atoms. The van der Waals surface area contributed by atoms with E-state index < -0.39 is 0 Å². The van der Waals surface area contributed by atoms with E-state index in [2.05, 4.69) is 90.1 Å². The zero-order chi connectivity index (χ0) is 27.2. The predicted molar refractivity (Wildman–Crippen MR) is 170 cm³/mol. The molecule has 0 N–H and O–H groups in total. The zero-order valence-corrected chi connectivity index (χ0v) is 25.5. The Balaban J connectivity index is 1.82. The van der Waals surface area contributed by atoms with Gasteiger partial charge in [-0.05, 0) is 63.8 Å². The molecule has 1 aliphatic carbocycles. The van der Waals surface area contributed by atoms with Crippen LogP contribution >= 0.6 is 0 Å². The van der Waals surface area contributed by atoms with Crippen LogP contribution in [0.25, 0.3) is 21.9 Å². The molecule has 3 aromatic rings. The van der Waals surface area contributed by atoms with Crippen LogP contribution in [0, 0.1) is 6.92 Å². The van der Waals surface area contributed by atoms with Gasteiger partial charge in [0.1, 0.15) is 0 Å². The topological polar surface area (TPSA) is 0 Å². The van der Waals surface area contributed by atoms with E-state index in [1.54, 1.807) is 16.7 Å². The van der Waals surface area contributed by atoms with Crippen LogP contribution in [0.1, 0.15) is 147 Å². The van der Waals surface area contributed by atoms with Gasteiger partial charge in [0.05, 0.1) is 0 Å². The van der Waals surface area contributed by atoms with Crippen LogP contribution in [0.4, 0.5) is 0 Å². The van der Waals surface area contributed by atoms with Crippen LogP contribution in [0.15, 0.2) is 48.5 Å². The van der Waals surface area contributed by atoms with E-state index in [4.69, 9.17) is 0 Å². The van der Waals surface area contributed by atoms with Gasteiger partial charge in [0.25, 0.3) is 0 Å². The Morgan fingerprint density at radius 2 is 1.16 bits per heavy atom. The number of fused-ring (bicyclic) bond motifs is 5. The minimum atomic E-state index is 0.116. The average Bonchev–Trinajstić information content (AvgIpc) is 3.16. The molecule has 4 rings (SSSR count). The first-order valence-electron chi connectivity index (χ1n) is 16.0. The summed E-state index contributed by atoms with van der Waals surface area (Å²) in [7, 11) is 0. The number of rotatable bonds is 14. The van der Waals surface area contributed by atoms with Crippen molar-refractivity contribution in [3.63, 3.8) is 0 Å². The summed E-state index contributed by atoms with van der Waals surface area (Å²) in [6.45, 7) is 14.1. The van der Waals surface area contributed by atoms with E-state index >= 15 is 0 Å². The Morgan fingerprint density at radius 3 is 1.74 bits per heavy atom. The summed E-state index contributed by atoms with van der Waals surface area (Å²) in [4.78, 5) is 0. The highest BCUT2D eigenvalue weighted by atomic mass is 14.5. The highest BCUT2D eigenvalue weighted by molar-refractivity contribution is 6.04. The van der Waals surface area contributed by atoms with Crippen LogP contribution in [-0.4, -0.2) is 0 Å². The largest absolute Gasteiger partial charge is 0.0654 e. The number of benzene rings is 3. The Labute approximate surface area is 234 Å². The van der Waals surface area contributed by atoms with E-state index in [0.29, 0.717) is 0 Å². The SMILES string of the molecule is CCCCCCCCC1(CCCCCCCC)c2cc(C)ccc2-c2c1cc(C(C)(C)C)c1ccccc21. The minimum absolute atomic E-state index is 0.116. The molecule has 0 nitrogen and oxygen atoms in total. The van der Waals surface area contributed by atoms with Crippen molar-refractivity contribution in [2.24, 2.45) is 0 Å². The smallest absolute Gasteiger partial charge is 0.0215 e. The van der Waals surface area contributed by atoms with Gasteiger partial charge in [0.2, 0.25) is 0 Å². The Kier molecular flexibility index (Phi) is 9.78. The summed E-state index contributed by atoms with van der Waals surface area (Å²) in [5.74, 6) is 0. The predicted octanol–water partition coefficient (Wildman–Crippen LogP) is 12.2. The Morgan fingerprint density at radius 1 is 0.605 bits per heavy atom. The molecule has 0 spiro atoms. The van der Waals surface area contributed by atoms with Crippen molar-refractivity contribution in [2.45, 2.75) is 142 Å². The summed E-state index contributed by atoms with van der Waals surface area (Å²) in [5, 5.41) is 2.91.